The number of ether oxygens (including phenoxy) is 3. The highest BCUT2D eigenvalue weighted by atomic mass is 16.5. The van der Waals surface area contributed by atoms with Gasteiger partial charge in [0.15, 0.2) is 0 Å². The van der Waals surface area contributed by atoms with Crippen molar-refractivity contribution in [3.63, 3.8) is 0 Å². The molecule has 1 fully saturated rings. The Kier molecular flexibility index (Phi) is 9.99. The summed E-state index contributed by atoms with van der Waals surface area (Å²) < 4.78 is 16.9. The monoisotopic (exact) mass is 513 g/mol. The zero-order valence-corrected chi connectivity index (χ0v) is 22.9. The number of allylic oxidation sites excluding steroid dienone is 1. The van der Waals surface area contributed by atoms with Crippen LogP contribution in [0.4, 0.5) is 0 Å². The maximum Gasteiger partial charge on any atom is 0.310 e. The molecule has 1 heterocycles. The first-order valence-electron chi connectivity index (χ1n) is 13.6. The summed E-state index contributed by atoms with van der Waals surface area (Å²) in [5, 5.41) is 0. The summed E-state index contributed by atoms with van der Waals surface area (Å²) in [7, 11) is 1.69. The van der Waals surface area contributed by atoms with Crippen molar-refractivity contribution >= 4 is 11.5 Å². The molecule has 38 heavy (non-hydrogen) atoms. The zero-order valence-electron chi connectivity index (χ0n) is 22.9. The molecule has 0 saturated carbocycles. The van der Waals surface area contributed by atoms with Crippen LogP contribution in [0.5, 0.6) is 17.2 Å². The van der Waals surface area contributed by atoms with Gasteiger partial charge in [-0.15, -0.1) is 0 Å². The number of hydrogen-bond acceptors (Lipinski definition) is 5. The first-order chi connectivity index (χ1) is 18.6. The van der Waals surface area contributed by atoms with Crippen molar-refractivity contribution in [2.24, 2.45) is 0 Å². The topological polar surface area (TPSA) is 48.0 Å². The summed E-state index contributed by atoms with van der Waals surface area (Å²) in [5.41, 5.74) is 5.76. The second-order valence-electron chi connectivity index (χ2n) is 9.81. The summed E-state index contributed by atoms with van der Waals surface area (Å²) in [6, 6.07) is 24.3. The van der Waals surface area contributed by atoms with E-state index >= 15 is 0 Å². The molecule has 0 radical (unpaired) electrons. The van der Waals surface area contributed by atoms with E-state index in [0.29, 0.717) is 18.8 Å². The third-order valence-corrected chi connectivity index (χ3v) is 6.96. The molecule has 0 N–H and O–H groups in total. The molecule has 1 aliphatic heterocycles. The largest absolute Gasteiger partial charge is 0.497 e. The summed E-state index contributed by atoms with van der Waals surface area (Å²) >= 11 is 0. The highest BCUT2D eigenvalue weighted by Crippen LogP contribution is 2.31. The minimum Gasteiger partial charge on any atom is -0.497 e. The highest BCUT2D eigenvalue weighted by molar-refractivity contribution is 5.83. The van der Waals surface area contributed by atoms with Gasteiger partial charge >= 0.3 is 5.97 Å². The summed E-state index contributed by atoms with van der Waals surface area (Å²) in [6.07, 6.45) is 5.06. The molecule has 5 nitrogen and oxygen atoms in total. The average molecular weight is 514 g/mol. The summed E-state index contributed by atoms with van der Waals surface area (Å²) in [4.78, 5) is 14.2. The predicted octanol–water partition coefficient (Wildman–Crippen LogP) is 6.94. The molecule has 3 aromatic rings. The second-order valence-corrected chi connectivity index (χ2v) is 9.81. The van der Waals surface area contributed by atoms with Gasteiger partial charge in [0, 0.05) is 13.0 Å². The number of rotatable bonds is 11. The van der Waals surface area contributed by atoms with E-state index in [1.165, 1.54) is 43.5 Å². The van der Waals surface area contributed by atoms with Crippen LogP contribution in [-0.2, 0) is 11.2 Å². The molecule has 1 saturated heterocycles. The molecule has 0 bridgehead atoms. The van der Waals surface area contributed by atoms with E-state index in [0.717, 1.165) is 41.2 Å². The highest BCUT2D eigenvalue weighted by Gasteiger charge is 2.13. The number of carbonyl (C=O) groups is 1. The standard InChI is InChI=1S/C33H39NO4/c1-4-32(35)38-30-17-13-28(14-18-30)33(25(2)23-26-9-8-10-31(24-26)36-3)27-11-15-29(16-12-27)37-22-21-34-19-6-5-7-20-34/h8-18,24H,4-7,19-23H2,1-3H3/b33-25-. The molecule has 3 aromatic carbocycles. The van der Waals surface area contributed by atoms with Crippen molar-refractivity contribution < 1.29 is 19.0 Å². The van der Waals surface area contributed by atoms with Crippen LogP contribution in [-0.4, -0.2) is 44.2 Å². The lowest BCUT2D eigenvalue weighted by atomic mass is 9.90. The number of likely N-dealkylation sites (tertiary alicyclic amines) is 1. The molecule has 0 spiro atoms. The van der Waals surface area contributed by atoms with Gasteiger partial charge in [-0.3, -0.25) is 9.69 Å². The molecule has 0 atom stereocenters. The Bertz CT molecular complexity index is 1210. The minimum atomic E-state index is -0.237. The van der Waals surface area contributed by atoms with E-state index < -0.39 is 0 Å². The lowest BCUT2D eigenvalue weighted by Crippen LogP contribution is -2.33. The van der Waals surface area contributed by atoms with Gasteiger partial charge in [0.05, 0.1) is 7.11 Å². The normalized spacial score (nSPS) is 14.5. The molecule has 1 aliphatic rings. The number of carbonyl (C=O) groups excluding carboxylic acids is 1. The van der Waals surface area contributed by atoms with Crippen molar-refractivity contribution in [1.29, 1.82) is 0 Å². The Hall–Kier alpha value is -3.57. The van der Waals surface area contributed by atoms with Crippen LogP contribution >= 0.6 is 0 Å². The molecule has 4 rings (SSSR count). The fourth-order valence-electron chi connectivity index (χ4n) is 4.92. The van der Waals surface area contributed by atoms with E-state index in [2.05, 4.69) is 48.2 Å². The van der Waals surface area contributed by atoms with Crippen molar-refractivity contribution in [2.75, 3.05) is 33.4 Å². The van der Waals surface area contributed by atoms with Crippen LogP contribution in [0.1, 0.15) is 56.2 Å². The minimum absolute atomic E-state index is 0.237. The number of piperidine rings is 1. The lowest BCUT2D eigenvalue weighted by Gasteiger charge is -2.26. The van der Waals surface area contributed by atoms with Crippen LogP contribution in [0.2, 0.25) is 0 Å². The number of hydrogen-bond donors (Lipinski definition) is 0. The number of nitrogens with zero attached hydrogens (tertiary/aromatic N) is 1. The van der Waals surface area contributed by atoms with Crippen LogP contribution < -0.4 is 14.2 Å². The molecular formula is C33H39NO4. The molecular weight excluding hydrogens is 474 g/mol. The Labute approximate surface area is 227 Å². The van der Waals surface area contributed by atoms with Crippen molar-refractivity contribution in [2.45, 2.75) is 46.0 Å². The van der Waals surface area contributed by atoms with E-state index in [1.54, 1.807) is 14.0 Å². The van der Waals surface area contributed by atoms with E-state index in [9.17, 15) is 4.79 Å². The number of esters is 1. The van der Waals surface area contributed by atoms with Gasteiger partial charge in [-0.1, -0.05) is 55.3 Å². The first-order valence-corrected chi connectivity index (χ1v) is 13.6. The van der Waals surface area contributed by atoms with E-state index in [4.69, 9.17) is 14.2 Å². The molecule has 0 amide bonds. The van der Waals surface area contributed by atoms with Crippen molar-refractivity contribution in [3.8, 4) is 17.2 Å². The maximum atomic E-state index is 11.7. The van der Waals surface area contributed by atoms with Crippen LogP contribution in [0.25, 0.3) is 5.57 Å². The van der Waals surface area contributed by atoms with Gasteiger partial charge < -0.3 is 14.2 Å². The Balaban J connectivity index is 1.55. The summed E-state index contributed by atoms with van der Waals surface area (Å²) in [6.45, 7) is 8.00. The van der Waals surface area contributed by atoms with Gasteiger partial charge in [-0.05, 0) is 97.9 Å². The Morgan fingerprint density at radius 3 is 2.13 bits per heavy atom. The molecule has 0 aliphatic carbocycles. The first kappa shape index (κ1) is 27.5. The van der Waals surface area contributed by atoms with Gasteiger partial charge in [-0.2, -0.15) is 0 Å². The second kappa shape index (κ2) is 13.8. The summed E-state index contributed by atoms with van der Waals surface area (Å²) in [5.74, 6) is 2.06. The zero-order chi connectivity index (χ0) is 26.7. The quantitative estimate of drug-likeness (QED) is 0.205. The van der Waals surface area contributed by atoms with Crippen LogP contribution in [0, 0.1) is 0 Å². The van der Waals surface area contributed by atoms with E-state index in [-0.39, 0.29) is 5.97 Å². The third-order valence-electron chi connectivity index (χ3n) is 6.96. The number of benzene rings is 3. The number of methoxy groups -OCH3 is 1. The van der Waals surface area contributed by atoms with Gasteiger partial charge in [0.25, 0.3) is 0 Å². The van der Waals surface area contributed by atoms with Gasteiger partial charge in [-0.25, -0.2) is 0 Å². The Morgan fingerprint density at radius 1 is 0.842 bits per heavy atom. The smallest absolute Gasteiger partial charge is 0.310 e. The van der Waals surface area contributed by atoms with Crippen LogP contribution in [0.15, 0.2) is 78.4 Å². The average Bonchev–Trinajstić information content (AvgIpc) is 2.95. The Morgan fingerprint density at radius 2 is 1.50 bits per heavy atom. The SMILES string of the molecule is CCC(=O)Oc1ccc(/C(=C(/C)Cc2cccc(OC)c2)c2ccc(OCCN3CCCCC3)cc2)cc1. The predicted molar refractivity (Wildman–Crippen MR) is 153 cm³/mol. The maximum absolute atomic E-state index is 11.7. The van der Waals surface area contributed by atoms with Crippen molar-refractivity contribution in [1.82, 2.24) is 4.90 Å². The van der Waals surface area contributed by atoms with Crippen LogP contribution in [0.3, 0.4) is 0 Å². The lowest BCUT2D eigenvalue weighted by molar-refractivity contribution is -0.134. The molecule has 200 valence electrons. The fraction of sp³-hybridized carbons (Fsp3) is 0.364. The molecule has 0 unspecified atom stereocenters. The molecule has 0 aromatic heterocycles. The fourth-order valence-corrected chi connectivity index (χ4v) is 4.92. The van der Waals surface area contributed by atoms with Crippen molar-refractivity contribution in [3.05, 3.63) is 95.1 Å². The van der Waals surface area contributed by atoms with Gasteiger partial charge in [0.2, 0.25) is 0 Å². The molecule has 5 heteroatoms. The third kappa shape index (κ3) is 7.72. The van der Waals surface area contributed by atoms with E-state index in [1.807, 2.05) is 36.4 Å². The van der Waals surface area contributed by atoms with Gasteiger partial charge in [0.1, 0.15) is 23.9 Å².